The Hall–Kier alpha value is -1.02. The molecular weight excluding hydrogens is 431 g/mol. The van der Waals surface area contributed by atoms with Gasteiger partial charge in [-0.25, -0.2) is 4.98 Å². The molecule has 0 spiro atoms. The van der Waals surface area contributed by atoms with Gasteiger partial charge in [-0.05, 0) is 44.2 Å². The fourth-order valence-corrected chi connectivity index (χ4v) is 4.03. The number of thioether (sulfide) groups is 1. The van der Waals surface area contributed by atoms with Gasteiger partial charge in [0.25, 0.3) is 5.91 Å². The highest BCUT2D eigenvalue weighted by atomic mass is 35.5. The van der Waals surface area contributed by atoms with Crippen LogP contribution in [0.4, 0.5) is 0 Å². The summed E-state index contributed by atoms with van der Waals surface area (Å²) in [6.07, 6.45) is 4.56. The lowest BCUT2D eigenvalue weighted by Crippen LogP contribution is -2.35. The van der Waals surface area contributed by atoms with Gasteiger partial charge in [-0.15, -0.1) is 24.8 Å². The Morgan fingerprint density at radius 2 is 1.86 bits per heavy atom. The minimum absolute atomic E-state index is 0. The van der Waals surface area contributed by atoms with E-state index in [0.717, 1.165) is 32.4 Å². The van der Waals surface area contributed by atoms with E-state index in [-0.39, 0.29) is 47.9 Å². The van der Waals surface area contributed by atoms with Crippen molar-refractivity contribution in [3.63, 3.8) is 0 Å². The fraction of sp³-hybridized carbons (Fsp3) is 0.650. The number of hydrogen-bond donors (Lipinski definition) is 1. The predicted octanol–water partition coefficient (Wildman–Crippen LogP) is 3.47. The van der Waals surface area contributed by atoms with Gasteiger partial charge < -0.3 is 15.5 Å². The van der Waals surface area contributed by atoms with E-state index in [1.165, 1.54) is 11.8 Å². The van der Waals surface area contributed by atoms with E-state index in [0.29, 0.717) is 23.1 Å². The monoisotopic (exact) mass is 464 g/mol. The van der Waals surface area contributed by atoms with Crippen LogP contribution in [0.2, 0.25) is 0 Å². The molecule has 1 saturated heterocycles. The fourth-order valence-electron chi connectivity index (χ4n) is 3.04. The summed E-state index contributed by atoms with van der Waals surface area (Å²) in [5, 5.41) is 0.353. The third kappa shape index (κ3) is 7.96. The van der Waals surface area contributed by atoms with E-state index in [4.69, 9.17) is 5.73 Å². The van der Waals surface area contributed by atoms with Gasteiger partial charge in [0.2, 0.25) is 5.91 Å². The molecule has 2 rings (SSSR count). The van der Waals surface area contributed by atoms with Crippen LogP contribution in [-0.2, 0) is 4.79 Å². The Labute approximate surface area is 191 Å². The Morgan fingerprint density at radius 1 is 1.24 bits per heavy atom. The van der Waals surface area contributed by atoms with Gasteiger partial charge in [0.1, 0.15) is 5.03 Å². The van der Waals surface area contributed by atoms with Gasteiger partial charge >= 0.3 is 0 Å². The molecule has 0 bridgehead atoms. The molecule has 29 heavy (non-hydrogen) atoms. The van der Waals surface area contributed by atoms with Crippen molar-refractivity contribution in [3.8, 4) is 0 Å². The second kappa shape index (κ2) is 13.3. The molecule has 0 saturated carbocycles. The van der Waals surface area contributed by atoms with Crippen LogP contribution in [0.3, 0.4) is 0 Å². The number of pyridine rings is 1. The molecule has 0 aromatic carbocycles. The minimum Gasteiger partial charge on any atom is -0.342 e. The Balaban J connectivity index is 0.00000392. The van der Waals surface area contributed by atoms with E-state index in [2.05, 4.69) is 18.8 Å². The van der Waals surface area contributed by atoms with Crippen molar-refractivity contribution in [2.24, 2.45) is 11.7 Å². The lowest BCUT2D eigenvalue weighted by atomic mass is 10.0. The van der Waals surface area contributed by atoms with Crippen molar-refractivity contribution in [2.45, 2.75) is 56.4 Å². The van der Waals surface area contributed by atoms with Crippen LogP contribution < -0.4 is 5.73 Å². The summed E-state index contributed by atoms with van der Waals surface area (Å²) in [6, 6.07) is 3.61. The second-order valence-corrected chi connectivity index (χ2v) is 8.90. The van der Waals surface area contributed by atoms with Crippen molar-refractivity contribution < 1.29 is 9.59 Å². The van der Waals surface area contributed by atoms with Gasteiger partial charge in [0.05, 0.1) is 10.8 Å². The standard InChI is InChI=1S/C20H32N4O2S.2ClH/c1-14(2)17(21)9-13-23(4)20(26)16-8-7-10-22-18(16)27-15(3)19(25)24-11-5-6-12-24;;/h7-8,10,14-15,17H,5-6,9,11-13,21H2,1-4H3;2*1H. The van der Waals surface area contributed by atoms with E-state index >= 15 is 0 Å². The summed E-state index contributed by atoms with van der Waals surface area (Å²) in [7, 11) is 1.79. The lowest BCUT2D eigenvalue weighted by molar-refractivity contribution is -0.129. The van der Waals surface area contributed by atoms with Gasteiger partial charge in [-0.1, -0.05) is 25.6 Å². The van der Waals surface area contributed by atoms with E-state index in [1.54, 1.807) is 30.3 Å². The number of nitrogens with zero attached hydrogens (tertiary/aromatic N) is 3. The SMILES string of the molecule is CC(Sc1ncccc1C(=O)N(C)CCC(N)C(C)C)C(=O)N1CCCC1.Cl.Cl. The van der Waals surface area contributed by atoms with Gasteiger partial charge in [0.15, 0.2) is 0 Å². The van der Waals surface area contributed by atoms with E-state index in [1.807, 2.05) is 11.8 Å². The van der Waals surface area contributed by atoms with Gasteiger partial charge in [-0.2, -0.15) is 0 Å². The van der Waals surface area contributed by atoms with Crippen LogP contribution in [0.5, 0.6) is 0 Å². The second-order valence-electron chi connectivity index (χ2n) is 7.57. The molecule has 6 nitrogen and oxygen atoms in total. The summed E-state index contributed by atoms with van der Waals surface area (Å²) in [5.41, 5.74) is 6.64. The number of aromatic nitrogens is 1. The maximum Gasteiger partial charge on any atom is 0.256 e. The smallest absolute Gasteiger partial charge is 0.256 e. The lowest BCUT2D eigenvalue weighted by Gasteiger charge is -2.23. The average molecular weight is 465 g/mol. The van der Waals surface area contributed by atoms with E-state index < -0.39 is 0 Å². The zero-order chi connectivity index (χ0) is 20.0. The molecule has 2 unspecified atom stereocenters. The number of nitrogens with two attached hydrogens (primary N) is 1. The van der Waals surface area contributed by atoms with Crippen LogP contribution in [0, 0.1) is 5.92 Å². The third-order valence-corrected chi connectivity index (χ3v) is 6.16. The van der Waals surface area contributed by atoms with Crippen LogP contribution in [0.1, 0.15) is 50.4 Å². The first-order chi connectivity index (χ1) is 12.8. The molecule has 2 atom stereocenters. The van der Waals surface area contributed by atoms with Gasteiger partial charge in [0, 0.05) is 38.9 Å². The molecule has 1 aliphatic heterocycles. The van der Waals surface area contributed by atoms with Crippen LogP contribution in [-0.4, -0.2) is 64.6 Å². The van der Waals surface area contributed by atoms with Crippen LogP contribution in [0.15, 0.2) is 23.4 Å². The Morgan fingerprint density at radius 3 is 2.45 bits per heavy atom. The van der Waals surface area contributed by atoms with Gasteiger partial charge in [-0.3, -0.25) is 9.59 Å². The summed E-state index contributed by atoms with van der Waals surface area (Å²) in [6.45, 7) is 8.31. The maximum absolute atomic E-state index is 12.9. The third-order valence-electron chi connectivity index (χ3n) is 5.06. The van der Waals surface area contributed by atoms with Crippen molar-refractivity contribution in [1.29, 1.82) is 0 Å². The highest BCUT2D eigenvalue weighted by molar-refractivity contribution is 8.00. The number of carbonyl (C=O) groups excluding carboxylic acids is 2. The first-order valence-electron chi connectivity index (χ1n) is 9.72. The molecular formula is C20H34Cl2N4O2S. The molecule has 0 radical (unpaired) electrons. The number of hydrogen-bond acceptors (Lipinski definition) is 5. The number of halogens is 2. The largest absolute Gasteiger partial charge is 0.342 e. The topological polar surface area (TPSA) is 79.5 Å². The molecule has 9 heteroatoms. The van der Waals surface area contributed by atoms with Crippen molar-refractivity contribution in [1.82, 2.24) is 14.8 Å². The number of likely N-dealkylation sites (tertiary alicyclic amines) is 1. The molecule has 1 aromatic heterocycles. The van der Waals surface area contributed by atoms with Crippen molar-refractivity contribution >= 4 is 48.4 Å². The first-order valence-corrected chi connectivity index (χ1v) is 10.6. The summed E-state index contributed by atoms with van der Waals surface area (Å²) in [4.78, 5) is 33.4. The van der Waals surface area contributed by atoms with Crippen molar-refractivity contribution in [3.05, 3.63) is 23.9 Å². The quantitative estimate of drug-likeness (QED) is 0.595. The molecule has 0 aliphatic carbocycles. The highest BCUT2D eigenvalue weighted by Crippen LogP contribution is 2.27. The normalized spacial score (nSPS) is 15.3. The number of carbonyl (C=O) groups is 2. The Bertz CT molecular complexity index is 657. The molecule has 166 valence electrons. The van der Waals surface area contributed by atoms with Crippen LogP contribution >= 0.6 is 36.6 Å². The Kier molecular flexibility index (Phi) is 12.8. The highest BCUT2D eigenvalue weighted by Gasteiger charge is 2.26. The van der Waals surface area contributed by atoms with Crippen LogP contribution in [0.25, 0.3) is 0 Å². The molecule has 2 N–H and O–H groups in total. The maximum atomic E-state index is 12.9. The summed E-state index contributed by atoms with van der Waals surface area (Å²) < 4.78 is 0. The van der Waals surface area contributed by atoms with Crippen molar-refractivity contribution in [2.75, 3.05) is 26.7 Å². The molecule has 1 aliphatic rings. The first kappa shape index (κ1) is 28.0. The molecule has 2 amide bonds. The average Bonchev–Trinajstić information content (AvgIpc) is 3.19. The summed E-state index contributed by atoms with van der Waals surface area (Å²) >= 11 is 1.37. The molecule has 1 aromatic rings. The predicted molar refractivity (Wildman–Crippen MR) is 124 cm³/mol. The molecule has 1 fully saturated rings. The minimum atomic E-state index is -0.260. The molecule has 2 heterocycles. The number of amides is 2. The van der Waals surface area contributed by atoms with E-state index in [9.17, 15) is 9.59 Å². The zero-order valence-electron chi connectivity index (χ0n) is 17.7. The number of rotatable bonds is 8. The summed E-state index contributed by atoms with van der Waals surface area (Å²) in [5.74, 6) is 0.427. The zero-order valence-corrected chi connectivity index (χ0v) is 20.1.